The Bertz CT molecular complexity index is 1280. The lowest BCUT2D eigenvalue weighted by Gasteiger charge is -2.12. The standard InChI is InChI=1S/C22H18ClF3N2O5S/c1-32-20-10-5-15(23)12-19(20)27-21(29)13-33-17-6-8-18(9-7-17)34(30,31)28-16-4-2-3-14(11-16)22(24,25)26/h2-12,28H,13H2,1H3,(H,27,29). The molecule has 180 valence electrons. The van der Waals surface area contributed by atoms with Crippen LogP contribution in [0.5, 0.6) is 11.5 Å². The molecule has 1 amide bonds. The van der Waals surface area contributed by atoms with Gasteiger partial charge < -0.3 is 14.8 Å². The van der Waals surface area contributed by atoms with Crippen molar-refractivity contribution in [3.05, 3.63) is 77.3 Å². The number of carbonyl (C=O) groups is 1. The molecule has 0 saturated heterocycles. The summed E-state index contributed by atoms with van der Waals surface area (Å²) in [6.45, 7) is -0.385. The Balaban J connectivity index is 1.62. The van der Waals surface area contributed by atoms with Gasteiger partial charge in [-0.25, -0.2) is 8.42 Å². The molecule has 3 aromatic carbocycles. The number of rotatable bonds is 8. The van der Waals surface area contributed by atoms with E-state index in [1.807, 2.05) is 0 Å². The number of hydrogen-bond donors (Lipinski definition) is 2. The van der Waals surface area contributed by atoms with Gasteiger partial charge in [-0.15, -0.1) is 0 Å². The number of amides is 1. The number of benzene rings is 3. The van der Waals surface area contributed by atoms with Crippen molar-refractivity contribution in [3.8, 4) is 11.5 Å². The summed E-state index contributed by atoms with van der Waals surface area (Å²) in [4.78, 5) is 12.0. The number of alkyl halides is 3. The highest BCUT2D eigenvalue weighted by Gasteiger charge is 2.30. The Morgan fingerprint density at radius 3 is 2.38 bits per heavy atom. The third-order valence-electron chi connectivity index (χ3n) is 4.38. The molecule has 12 heteroatoms. The van der Waals surface area contributed by atoms with E-state index >= 15 is 0 Å². The first-order valence-corrected chi connectivity index (χ1v) is 11.4. The number of nitrogens with one attached hydrogen (secondary N) is 2. The van der Waals surface area contributed by atoms with Crippen molar-refractivity contribution in [2.75, 3.05) is 23.8 Å². The summed E-state index contributed by atoms with van der Waals surface area (Å²) in [7, 11) is -2.72. The zero-order valence-corrected chi connectivity index (χ0v) is 19.1. The van der Waals surface area contributed by atoms with Crippen LogP contribution >= 0.6 is 11.6 Å². The van der Waals surface area contributed by atoms with E-state index in [4.69, 9.17) is 21.1 Å². The van der Waals surface area contributed by atoms with Crippen LogP contribution in [0.25, 0.3) is 0 Å². The topological polar surface area (TPSA) is 93.7 Å². The lowest BCUT2D eigenvalue weighted by Crippen LogP contribution is -2.20. The van der Waals surface area contributed by atoms with Crippen molar-refractivity contribution >= 4 is 38.9 Å². The molecule has 3 rings (SSSR count). The van der Waals surface area contributed by atoms with Crippen molar-refractivity contribution in [2.45, 2.75) is 11.1 Å². The predicted octanol–water partition coefficient (Wildman–Crippen LogP) is 5.19. The normalized spacial score (nSPS) is 11.6. The Morgan fingerprint density at radius 1 is 1.03 bits per heavy atom. The van der Waals surface area contributed by atoms with Crippen molar-refractivity contribution in [1.82, 2.24) is 0 Å². The summed E-state index contributed by atoms with van der Waals surface area (Å²) in [5.41, 5.74) is -0.862. The fourth-order valence-corrected chi connectivity index (χ4v) is 4.02. The molecule has 0 unspecified atom stereocenters. The third kappa shape index (κ3) is 6.55. The van der Waals surface area contributed by atoms with Gasteiger partial charge in [0.25, 0.3) is 15.9 Å². The van der Waals surface area contributed by atoms with Crippen molar-refractivity contribution in [2.24, 2.45) is 0 Å². The number of methoxy groups -OCH3 is 1. The number of ether oxygens (including phenoxy) is 2. The van der Waals surface area contributed by atoms with E-state index < -0.39 is 27.7 Å². The van der Waals surface area contributed by atoms with Crippen LogP contribution < -0.4 is 19.5 Å². The van der Waals surface area contributed by atoms with Gasteiger partial charge in [0, 0.05) is 10.7 Å². The zero-order valence-electron chi connectivity index (χ0n) is 17.5. The molecule has 0 spiro atoms. The molecule has 0 atom stereocenters. The molecule has 0 heterocycles. The quantitative estimate of drug-likeness (QED) is 0.432. The first-order chi connectivity index (χ1) is 16.0. The summed E-state index contributed by atoms with van der Waals surface area (Å²) in [6.07, 6.45) is -4.61. The minimum Gasteiger partial charge on any atom is -0.495 e. The number of carbonyl (C=O) groups excluding carboxylic acids is 1. The van der Waals surface area contributed by atoms with Gasteiger partial charge in [-0.3, -0.25) is 9.52 Å². The molecule has 0 aliphatic rings. The fraction of sp³-hybridized carbons (Fsp3) is 0.136. The van der Waals surface area contributed by atoms with E-state index in [0.717, 1.165) is 12.1 Å². The molecule has 3 aromatic rings. The lowest BCUT2D eigenvalue weighted by molar-refractivity contribution is -0.137. The van der Waals surface area contributed by atoms with Crippen molar-refractivity contribution < 1.29 is 35.9 Å². The van der Waals surface area contributed by atoms with Crippen LogP contribution in [-0.2, 0) is 21.0 Å². The number of hydrogen-bond acceptors (Lipinski definition) is 5. The first kappa shape index (κ1) is 25.2. The molecule has 0 bridgehead atoms. The largest absolute Gasteiger partial charge is 0.495 e. The molecule has 0 fully saturated rings. The molecule has 0 radical (unpaired) electrons. The molecule has 7 nitrogen and oxygen atoms in total. The molecule has 0 aliphatic carbocycles. The minimum atomic E-state index is -4.61. The van der Waals surface area contributed by atoms with Gasteiger partial charge in [0.2, 0.25) is 0 Å². The molecule has 0 aliphatic heterocycles. The van der Waals surface area contributed by atoms with Gasteiger partial charge in [0.15, 0.2) is 6.61 Å². The zero-order chi connectivity index (χ0) is 24.9. The van der Waals surface area contributed by atoms with Crippen LogP contribution in [0.3, 0.4) is 0 Å². The van der Waals surface area contributed by atoms with Gasteiger partial charge in [0.05, 0.1) is 23.3 Å². The Hall–Kier alpha value is -3.44. The summed E-state index contributed by atoms with van der Waals surface area (Å²) < 4.78 is 76.2. The highest BCUT2D eigenvalue weighted by Crippen LogP contribution is 2.31. The monoisotopic (exact) mass is 514 g/mol. The number of sulfonamides is 1. The number of halogens is 4. The average molecular weight is 515 g/mol. The summed E-state index contributed by atoms with van der Waals surface area (Å²) in [6, 6.07) is 13.6. The summed E-state index contributed by atoms with van der Waals surface area (Å²) >= 11 is 5.92. The van der Waals surface area contributed by atoms with Gasteiger partial charge in [-0.2, -0.15) is 13.2 Å². The highest BCUT2D eigenvalue weighted by atomic mass is 35.5. The van der Waals surface area contributed by atoms with Crippen LogP contribution in [0.1, 0.15) is 5.56 Å². The second-order valence-corrected chi connectivity index (χ2v) is 8.96. The maximum atomic E-state index is 12.8. The van der Waals surface area contributed by atoms with E-state index in [2.05, 4.69) is 10.0 Å². The van der Waals surface area contributed by atoms with E-state index in [0.29, 0.717) is 22.5 Å². The minimum absolute atomic E-state index is 0.200. The molecular formula is C22H18ClF3N2O5S. The molecule has 2 N–H and O–H groups in total. The summed E-state index contributed by atoms with van der Waals surface area (Å²) in [5, 5.41) is 2.99. The molecule has 34 heavy (non-hydrogen) atoms. The maximum Gasteiger partial charge on any atom is 0.416 e. The third-order valence-corrected chi connectivity index (χ3v) is 6.01. The van der Waals surface area contributed by atoms with Crippen LogP contribution in [0.15, 0.2) is 71.6 Å². The van der Waals surface area contributed by atoms with E-state index in [1.165, 1.54) is 43.5 Å². The smallest absolute Gasteiger partial charge is 0.416 e. The van der Waals surface area contributed by atoms with Crippen molar-refractivity contribution in [3.63, 3.8) is 0 Å². The Kier molecular flexibility index (Phi) is 7.57. The summed E-state index contributed by atoms with van der Waals surface area (Å²) in [5.74, 6) is 0.0929. The van der Waals surface area contributed by atoms with E-state index in [1.54, 1.807) is 12.1 Å². The van der Waals surface area contributed by atoms with Gasteiger partial charge in [0.1, 0.15) is 11.5 Å². The molecule has 0 saturated carbocycles. The number of anilines is 2. The lowest BCUT2D eigenvalue weighted by atomic mass is 10.2. The van der Waals surface area contributed by atoms with Crippen molar-refractivity contribution in [1.29, 1.82) is 0 Å². The Labute approximate surface area is 198 Å². The van der Waals surface area contributed by atoms with Gasteiger partial charge in [-0.05, 0) is 60.7 Å². The van der Waals surface area contributed by atoms with Gasteiger partial charge in [-0.1, -0.05) is 17.7 Å². The molecular weight excluding hydrogens is 497 g/mol. The second-order valence-electron chi connectivity index (χ2n) is 6.84. The first-order valence-electron chi connectivity index (χ1n) is 9.54. The predicted molar refractivity (Wildman–Crippen MR) is 121 cm³/mol. The molecule has 0 aromatic heterocycles. The fourth-order valence-electron chi connectivity index (χ4n) is 2.80. The van der Waals surface area contributed by atoms with Crippen LogP contribution in [0.4, 0.5) is 24.5 Å². The van der Waals surface area contributed by atoms with Crippen LogP contribution in [0, 0.1) is 0 Å². The Morgan fingerprint density at radius 2 is 1.74 bits per heavy atom. The second kappa shape index (κ2) is 10.2. The average Bonchev–Trinajstić information content (AvgIpc) is 2.77. The SMILES string of the molecule is COc1ccc(Cl)cc1NC(=O)COc1ccc(S(=O)(=O)Nc2cccc(C(F)(F)F)c2)cc1. The van der Waals surface area contributed by atoms with Crippen LogP contribution in [0.2, 0.25) is 5.02 Å². The van der Waals surface area contributed by atoms with Crippen LogP contribution in [-0.4, -0.2) is 28.0 Å². The highest BCUT2D eigenvalue weighted by molar-refractivity contribution is 7.92. The maximum absolute atomic E-state index is 12.8. The van der Waals surface area contributed by atoms with E-state index in [9.17, 15) is 26.4 Å². The van der Waals surface area contributed by atoms with E-state index in [-0.39, 0.29) is 22.9 Å². The van der Waals surface area contributed by atoms with Gasteiger partial charge >= 0.3 is 6.18 Å².